The molecule has 1 aliphatic heterocycles. The van der Waals surface area contributed by atoms with Gasteiger partial charge in [-0.3, -0.25) is 9.59 Å². The van der Waals surface area contributed by atoms with Crippen LogP contribution in [0.5, 0.6) is 0 Å². The van der Waals surface area contributed by atoms with Crippen molar-refractivity contribution < 1.29 is 9.59 Å². The van der Waals surface area contributed by atoms with Crippen molar-refractivity contribution in [3.8, 4) is 0 Å². The Kier molecular flexibility index (Phi) is 4.20. The molecule has 0 unspecified atom stereocenters. The number of nitrogens with zero attached hydrogens (tertiary/aromatic N) is 1. The Morgan fingerprint density at radius 3 is 3.00 bits per heavy atom. The highest BCUT2D eigenvalue weighted by Gasteiger charge is 2.29. The number of thiazole rings is 1. The number of hydrogen-bond donors (Lipinski definition) is 2. The molecule has 0 aliphatic carbocycles. The molecule has 0 fully saturated rings. The fourth-order valence-corrected chi connectivity index (χ4v) is 3.27. The van der Waals surface area contributed by atoms with Crippen LogP contribution in [-0.4, -0.2) is 16.8 Å². The summed E-state index contributed by atoms with van der Waals surface area (Å²) in [5.41, 5.74) is 2.43. The molecule has 1 atom stereocenters. The van der Waals surface area contributed by atoms with Gasteiger partial charge in [0.15, 0.2) is 0 Å². The maximum atomic E-state index is 12.1. The molecule has 2 aromatic rings. The number of hydrogen-bond acceptors (Lipinski definition) is 4. The van der Waals surface area contributed by atoms with Crippen molar-refractivity contribution in [2.45, 2.75) is 32.4 Å². The summed E-state index contributed by atoms with van der Waals surface area (Å²) < 4.78 is 0. The van der Waals surface area contributed by atoms with Crippen LogP contribution in [0, 0.1) is 0 Å². The van der Waals surface area contributed by atoms with E-state index in [1.54, 1.807) is 17.4 Å². The molecule has 1 aromatic heterocycles. The van der Waals surface area contributed by atoms with E-state index in [4.69, 9.17) is 0 Å². The Morgan fingerprint density at radius 2 is 2.23 bits per heavy atom. The first kappa shape index (κ1) is 14.7. The lowest BCUT2D eigenvalue weighted by molar-refractivity contribution is -0.121. The number of aryl methyl sites for hydroxylation is 1. The normalized spacial score (nSPS) is 16.2. The summed E-state index contributed by atoms with van der Waals surface area (Å²) in [7, 11) is 0. The SMILES string of the molecule is CCc1nc(CNC(=O)C[C@H]2NC(=O)c3ccccc32)cs1. The lowest BCUT2D eigenvalue weighted by Crippen LogP contribution is -2.28. The number of amides is 2. The number of fused-ring (bicyclic) bond motifs is 1. The van der Waals surface area contributed by atoms with E-state index in [0.717, 1.165) is 22.7 Å². The zero-order valence-electron chi connectivity index (χ0n) is 12.3. The molecular weight excluding hydrogens is 298 g/mol. The fraction of sp³-hybridized carbons (Fsp3) is 0.312. The van der Waals surface area contributed by atoms with Gasteiger partial charge in [0.1, 0.15) is 0 Å². The van der Waals surface area contributed by atoms with Gasteiger partial charge in [-0.25, -0.2) is 4.98 Å². The summed E-state index contributed by atoms with van der Waals surface area (Å²) in [5, 5.41) is 8.75. The molecule has 0 spiro atoms. The van der Waals surface area contributed by atoms with Gasteiger partial charge in [0.2, 0.25) is 5.91 Å². The molecule has 22 heavy (non-hydrogen) atoms. The van der Waals surface area contributed by atoms with Crippen molar-refractivity contribution in [3.63, 3.8) is 0 Å². The van der Waals surface area contributed by atoms with Crippen molar-refractivity contribution in [1.29, 1.82) is 0 Å². The van der Waals surface area contributed by atoms with E-state index in [9.17, 15) is 9.59 Å². The van der Waals surface area contributed by atoms with E-state index in [1.165, 1.54) is 0 Å². The quantitative estimate of drug-likeness (QED) is 0.888. The van der Waals surface area contributed by atoms with Gasteiger partial charge in [0, 0.05) is 10.9 Å². The van der Waals surface area contributed by atoms with Crippen LogP contribution in [0.2, 0.25) is 0 Å². The van der Waals surface area contributed by atoms with Gasteiger partial charge in [0.25, 0.3) is 5.91 Å². The van der Waals surface area contributed by atoms with Crippen molar-refractivity contribution in [1.82, 2.24) is 15.6 Å². The third-order valence-electron chi connectivity index (χ3n) is 3.64. The molecule has 114 valence electrons. The Morgan fingerprint density at radius 1 is 1.41 bits per heavy atom. The van der Waals surface area contributed by atoms with Crippen LogP contribution in [0.4, 0.5) is 0 Å². The summed E-state index contributed by atoms with van der Waals surface area (Å²) in [6.45, 7) is 2.49. The Bertz CT molecular complexity index is 711. The van der Waals surface area contributed by atoms with Crippen LogP contribution in [-0.2, 0) is 17.8 Å². The van der Waals surface area contributed by atoms with Gasteiger partial charge >= 0.3 is 0 Å². The molecule has 2 heterocycles. The molecule has 2 N–H and O–H groups in total. The van der Waals surface area contributed by atoms with Crippen LogP contribution in [0.25, 0.3) is 0 Å². The second-order valence-electron chi connectivity index (χ2n) is 5.18. The minimum Gasteiger partial charge on any atom is -0.350 e. The van der Waals surface area contributed by atoms with E-state index >= 15 is 0 Å². The van der Waals surface area contributed by atoms with Crippen molar-refractivity contribution in [2.24, 2.45) is 0 Å². The van der Waals surface area contributed by atoms with Gasteiger partial charge in [-0.05, 0) is 18.1 Å². The topological polar surface area (TPSA) is 71.1 Å². The Hall–Kier alpha value is -2.21. The largest absolute Gasteiger partial charge is 0.350 e. The maximum Gasteiger partial charge on any atom is 0.252 e. The molecule has 3 rings (SSSR count). The molecule has 1 aliphatic rings. The predicted molar refractivity (Wildman–Crippen MR) is 84.6 cm³/mol. The molecule has 0 saturated carbocycles. The Labute approximate surface area is 132 Å². The second-order valence-corrected chi connectivity index (χ2v) is 6.12. The van der Waals surface area contributed by atoms with E-state index in [0.29, 0.717) is 12.1 Å². The number of rotatable bonds is 5. The zero-order chi connectivity index (χ0) is 15.5. The average molecular weight is 315 g/mol. The van der Waals surface area contributed by atoms with E-state index in [-0.39, 0.29) is 24.3 Å². The molecule has 5 nitrogen and oxygen atoms in total. The van der Waals surface area contributed by atoms with Gasteiger partial charge in [-0.1, -0.05) is 25.1 Å². The number of carbonyl (C=O) groups is 2. The highest BCUT2D eigenvalue weighted by Crippen LogP contribution is 2.27. The Balaban J connectivity index is 1.57. The van der Waals surface area contributed by atoms with E-state index in [1.807, 2.05) is 23.6 Å². The second kappa shape index (κ2) is 6.27. The number of carbonyl (C=O) groups excluding carboxylic acids is 2. The third kappa shape index (κ3) is 3.01. The van der Waals surface area contributed by atoms with Gasteiger partial charge < -0.3 is 10.6 Å². The summed E-state index contributed by atoms with van der Waals surface area (Å²) in [6.07, 6.45) is 1.15. The smallest absolute Gasteiger partial charge is 0.252 e. The van der Waals surface area contributed by atoms with Crippen LogP contribution >= 0.6 is 11.3 Å². The standard InChI is InChI=1S/C16H17N3O2S/c1-2-15-18-10(9-22-15)8-17-14(20)7-13-11-5-3-4-6-12(11)16(21)19-13/h3-6,9,13H,2,7-8H2,1H3,(H,17,20)(H,19,21)/t13-/m1/s1. The van der Waals surface area contributed by atoms with Gasteiger partial charge in [0.05, 0.1) is 29.7 Å². The molecule has 1 aromatic carbocycles. The van der Waals surface area contributed by atoms with Crippen LogP contribution in [0.15, 0.2) is 29.6 Å². The van der Waals surface area contributed by atoms with Crippen molar-refractivity contribution in [2.75, 3.05) is 0 Å². The lowest BCUT2D eigenvalue weighted by Gasteiger charge is -2.11. The third-order valence-corrected chi connectivity index (χ3v) is 4.69. The lowest BCUT2D eigenvalue weighted by atomic mass is 10.0. The van der Waals surface area contributed by atoms with Crippen molar-refractivity contribution >= 4 is 23.2 Å². The number of benzene rings is 1. The highest BCUT2D eigenvalue weighted by atomic mass is 32.1. The minimum atomic E-state index is -0.245. The maximum absolute atomic E-state index is 12.1. The van der Waals surface area contributed by atoms with E-state index in [2.05, 4.69) is 22.5 Å². The molecular formula is C16H17N3O2S. The molecule has 0 bridgehead atoms. The number of nitrogens with one attached hydrogen (secondary N) is 2. The summed E-state index contributed by atoms with van der Waals surface area (Å²) in [4.78, 5) is 28.3. The molecule has 2 amide bonds. The van der Waals surface area contributed by atoms with E-state index < -0.39 is 0 Å². The predicted octanol–water partition coefficient (Wildman–Crippen LogP) is 2.20. The first-order valence-electron chi connectivity index (χ1n) is 7.27. The number of aromatic nitrogens is 1. The summed E-state index contributed by atoms with van der Waals surface area (Å²) in [6, 6.07) is 7.13. The van der Waals surface area contributed by atoms with Crippen molar-refractivity contribution in [3.05, 3.63) is 51.5 Å². The highest BCUT2D eigenvalue weighted by molar-refractivity contribution is 7.09. The average Bonchev–Trinajstić information content (AvgIpc) is 3.11. The first-order chi connectivity index (χ1) is 10.7. The van der Waals surface area contributed by atoms with Crippen LogP contribution in [0.1, 0.15) is 46.0 Å². The molecule has 0 saturated heterocycles. The zero-order valence-corrected chi connectivity index (χ0v) is 13.1. The minimum absolute atomic E-state index is 0.0898. The van der Waals surface area contributed by atoms with Gasteiger partial charge in [-0.2, -0.15) is 0 Å². The molecule has 0 radical (unpaired) electrons. The summed E-state index contributed by atoms with van der Waals surface area (Å²) >= 11 is 1.61. The monoisotopic (exact) mass is 315 g/mol. The first-order valence-corrected chi connectivity index (χ1v) is 8.15. The van der Waals surface area contributed by atoms with Gasteiger partial charge in [-0.15, -0.1) is 11.3 Å². The molecule has 6 heteroatoms. The van der Waals surface area contributed by atoms with Crippen LogP contribution < -0.4 is 10.6 Å². The fourth-order valence-electron chi connectivity index (χ4n) is 2.52. The van der Waals surface area contributed by atoms with Crippen LogP contribution in [0.3, 0.4) is 0 Å². The summed E-state index contributed by atoms with van der Waals surface area (Å²) in [5.74, 6) is -0.200.